The third kappa shape index (κ3) is 3.20. The summed E-state index contributed by atoms with van der Waals surface area (Å²) in [6, 6.07) is 10.3. The molecule has 0 radical (unpaired) electrons. The fraction of sp³-hybridized carbons (Fsp3) is 0.167. The molecule has 0 fully saturated rings. The zero-order chi connectivity index (χ0) is 8.81. The van der Waals surface area contributed by atoms with Crippen LogP contribution in [0.5, 0.6) is 0 Å². The predicted octanol–water partition coefficient (Wildman–Crippen LogP) is 3.67. The summed E-state index contributed by atoms with van der Waals surface area (Å²) >= 11 is 0. The Morgan fingerprint density at radius 2 is 2.00 bits per heavy atom. The first-order valence-corrected chi connectivity index (χ1v) is 4.15. The van der Waals surface area contributed by atoms with Crippen molar-refractivity contribution >= 4 is 6.08 Å². The van der Waals surface area contributed by atoms with Crippen LogP contribution in [0.4, 0.5) is 0 Å². The minimum atomic E-state index is 0.967. The summed E-state index contributed by atoms with van der Waals surface area (Å²) in [4.78, 5) is 0. The van der Waals surface area contributed by atoms with Gasteiger partial charge in [0.15, 0.2) is 0 Å². The lowest BCUT2D eigenvalue weighted by Crippen LogP contribution is -1.70. The molecule has 0 unspecified atom stereocenters. The second-order valence-corrected chi connectivity index (χ2v) is 2.97. The van der Waals surface area contributed by atoms with E-state index in [1.165, 1.54) is 11.1 Å². The number of hydrogen-bond donors (Lipinski definition) is 0. The van der Waals surface area contributed by atoms with E-state index in [0.717, 1.165) is 6.42 Å². The van der Waals surface area contributed by atoms with Crippen LogP contribution >= 0.6 is 0 Å². The maximum absolute atomic E-state index is 3.84. The van der Waals surface area contributed by atoms with Crippen LogP contribution in [0.2, 0.25) is 0 Å². The van der Waals surface area contributed by atoms with Crippen molar-refractivity contribution in [3.8, 4) is 0 Å². The zero-order valence-electron chi connectivity index (χ0n) is 7.46. The first-order chi connectivity index (χ1) is 5.79. The molecule has 0 aliphatic rings. The fourth-order valence-corrected chi connectivity index (χ4v) is 0.960. The van der Waals surface area contributed by atoms with E-state index in [0.29, 0.717) is 0 Å². The number of hydrogen-bond acceptors (Lipinski definition) is 0. The second kappa shape index (κ2) is 4.55. The molecule has 0 bridgehead atoms. The second-order valence-electron chi connectivity index (χ2n) is 2.97. The summed E-state index contributed by atoms with van der Waals surface area (Å²) in [5.74, 6) is 0. The molecule has 0 N–H and O–H groups in total. The van der Waals surface area contributed by atoms with Gasteiger partial charge in [-0.05, 0) is 18.9 Å². The van der Waals surface area contributed by atoms with E-state index in [-0.39, 0.29) is 0 Å². The van der Waals surface area contributed by atoms with Gasteiger partial charge in [-0.1, -0.05) is 54.6 Å². The van der Waals surface area contributed by atoms with Crippen molar-refractivity contribution in [1.29, 1.82) is 0 Å². The molecule has 12 heavy (non-hydrogen) atoms. The van der Waals surface area contributed by atoms with Gasteiger partial charge in [0.1, 0.15) is 0 Å². The molecule has 1 aromatic rings. The SMILES string of the molecule is C=C(C)CC=Cc1ccccc1. The molecule has 0 heterocycles. The maximum Gasteiger partial charge on any atom is -0.0141 e. The minimum Gasteiger partial charge on any atom is -0.0998 e. The molecule has 0 aliphatic heterocycles. The lowest BCUT2D eigenvalue weighted by molar-refractivity contribution is 1.23. The molecular formula is C12H14. The van der Waals surface area contributed by atoms with Crippen LogP contribution in [0.25, 0.3) is 6.08 Å². The highest BCUT2D eigenvalue weighted by Crippen LogP contribution is 2.04. The summed E-state index contributed by atoms with van der Waals surface area (Å²) in [5.41, 5.74) is 2.45. The highest BCUT2D eigenvalue weighted by Gasteiger charge is 1.82. The molecule has 0 aromatic heterocycles. The Bertz CT molecular complexity index is 267. The smallest absolute Gasteiger partial charge is 0.0141 e. The molecule has 0 saturated carbocycles. The lowest BCUT2D eigenvalue weighted by Gasteiger charge is -1.91. The van der Waals surface area contributed by atoms with Crippen molar-refractivity contribution in [2.24, 2.45) is 0 Å². The van der Waals surface area contributed by atoms with Crippen LogP contribution in [0.1, 0.15) is 18.9 Å². The Labute approximate surface area is 74.2 Å². The standard InChI is InChI=1S/C12H14/c1-11(2)7-6-10-12-8-4-3-5-9-12/h3-6,8-10H,1,7H2,2H3. The number of allylic oxidation sites excluding steroid dienone is 2. The number of rotatable bonds is 3. The van der Waals surface area contributed by atoms with Gasteiger partial charge in [0.25, 0.3) is 0 Å². The summed E-state index contributed by atoms with van der Waals surface area (Å²) in [6.45, 7) is 5.87. The van der Waals surface area contributed by atoms with Gasteiger partial charge in [0.2, 0.25) is 0 Å². The van der Waals surface area contributed by atoms with Crippen LogP contribution in [-0.4, -0.2) is 0 Å². The molecule has 0 heteroatoms. The molecular weight excluding hydrogens is 144 g/mol. The van der Waals surface area contributed by atoms with Gasteiger partial charge in [-0.2, -0.15) is 0 Å². The van der Waals surface area contributed by atoms with Gasteiger partial charge >= 0.3 is 0 Å². The van der Waals surface area contributed by atoms with Gasteiger partial charge in [0.05, 0.1) is 0 Å². The fourth-order valence-electron chi connectivity index (χ4n) is 0.960. The van der Waals surface area contributed by atoms with Crippen molar-refractivity contribution < 1.29 is 0 Å². The molecule has 62 valence electrons. The summed E-state index contributed by atoms with van der Waals surface area (Å²) in [7, 11) is 0. The number of benzene rings is 1. The average molecular weight is 158 g/mol. The Kier molecular flexibility index (Phi) is 3.34. The van der Waals surface area contributed by atoms with Crippen molar-refractivity contribution in [2.75, 3.05) is 0 Å². The largest absolute Gasteiger partial charge is 0.0998 e. The quantitative estimate of drug-likeness (QED) is 0.589. The van der Waals surface area contributed by atoms with Gasteiger partial charge in [-0.3, -0.25) is 0 Å². The monoisotopic (exact) mass is 158 g/mol. The molecule has 0 saturated heterocycles. The Hall–Kier alpha value is -1.30. The lowest BCUT2D eigenvalue weighted by atomic mass is 10.1. The van der Waals surface area contributed by atoms with E-state index in [9.17, 15) is 0 Å². The van der Waals surface area contributed by atoms with E-state index in [1.54, 1.807) is 0 Å². The van der Waals surface area contributed by atoms with Gasteiger partial charge < -0.3 is 0 Å². The first kappa shape index (κ1) is 8.79. The molecule has 0 amide bonds. The van der Waals surface area contributed by atoms with E-state index >= 15 is 0 Å². The normalized spacial score (nSPS) is 10.4. The highest BCUT2D eigenvalue weighted by atomic mass is 13.9. The predicted molar refractivity (Wildman–Crippen MR) is 54.9 cm³/mol. The minimum absolute atomic E-state index is 0.967. The molecule has 1 aromatic carbocycles. The van der Waals surface area contributed by atoms with Crippen LogP contribution < -0.4 is 0 Å². The van der Waals surface area contributed by atoms with Crippen LogP contribution in [-0.2, 0) is 0 Å². The van der Waals surface area contributed by atoms with Crippen molar-refractivity contribution in [3.05, 3.63) is 54.1 Å². The Balaban J connectivity index is 2.52. The van der Waals surface area contributed by atoms with E-state index < -0.39 is 0 Å². The molecule has 0 atom stereocenters. The van der Waals surface area contributed by atoms with E-state index in [1.807, 2.05) is 25.1 Å². The Morgan fingerprint density at radius 3 is 2.58 bits per heavy atom. The summed E-state index contributed by atoms with van der Waals surface area (Å²) < 4.78 is 0. The van der Waals surface area contributed by atoms with Gasteiger partial charge in [0, 0.05) is 0 Å². The topological polar surface area (TPSA) is 0 Å². The molecule has 0 nitrogen and oxygen atoms in total. The molecule has 0 spiro atoms. The summed E-state index contributed by atoms with van der Waals surface area (Å²) in [5, 5.41) is 0. The molecule has 1 rings (SSSR count). The van der Waals surface area contributed by atoms with Gasteiger partial charge in [-0.25, -0.2) is 0 Å². The third-order valence-corrected chi connectivity index (χ3v) is 1.58. The van der Waals surface area contributed by atoms with Crippen molar-refractivity contribution in [2.45, 2.75) is 13.3 Å². The molecule has 0 aliphatic carbocycles. The van der Waals surface area contributed by atoms with Crippen LogP contribution in [0.3, 0.4) is 0 Å². The summed E-state index contributed by atoms with van der Waals surface area (Å²) in [6.07, 6.45) is 5.22. The Morgan fingerprint density at radius 1 is 1.33 bits per heavy atom. The highest BCUT2D eigenvalue weighted by molar-refractivity contribution is 5.48. The average Bonchev–Trinajstić information content (AvgIpc) is 2.05. The zero-order valence-corrected chi connectivity index (χ0v) is 7.46. The third-order valence-electron chi connectivity index (χ3n) is 1.58. The van der Waals surface area contributed by atoms with Crippen molar-refractivity contribution in [3.63, 3.8) is 0 Å². The first-order valence-electron chi connectivity index (χ1n) is 4.15. The van der Waals surface area contributed by atoms with Gasteiger partial charge in [-0.15, -0.1) is 0 Å². The van der Waals surface area contributed by atoms with Crippen LogP contribution in [0, 0.1) is 0 Å². The maximum atomic E-state index is 3.84. The van der Waals surface area contributed by atoms with Crippen molar-refractivity contribution in [1.82, 2.24) is 0 Å². The van der Waals surface area contributed by atoms with E-state index in [4.69, 9.17) is 0 Å². The van der Waals surface area contributed by atoms with E-state index in [2.05, 4.69) is 30.9 Å². The van der Waals surface area contributed by atoms with Crippen LogP contribution in [0.15, 0.2) is 48.6 Å².